The minimum absolute atomic E-state index is 0.104. The minimum Gasteiger partial charge on any atom is -0.343 e. The van der Waals surface area contributed by atoms with E-state index in [1.165, 1.54) is 6.20 Å². The largest absolute Gasteiger partial charge is 0.343 e. The summed E-state index contributed by atoms with van der Waals surface area (Å²) in [7, 11) is 0. The highest BCUT2D eigenvalue weighted by Gasteiger charge is 2.43. The molecular weight excluding hydrogens is 398 g/mol. The summed E-state index contributed by atoms with van der Waals surface area (Å²) in [6.45, 7) is 3.78. The van der Waals surface area contributed by atoms with E-state index >= 15 is 0 Å². The first-order valence-electron chi connectivity index (χ1n) is 10.1. The van der Waals surface area contributed by atoms with Gasteiger partial charge in [-0.1, -0.05) is 12.1 Å². The molecule has 5 rings (SSSR count). The molecule has 0 spiro atoms. The molecule has 2 aromatic rings. The van der Waals surface area contributed by atoms with Gasteiger partial charge in [-0.05, 0) is 25.1 Å². The number of hydrogen-bond donors (Lipinski definition) is 3. The highest BCUT2D eigenvalue weighted by Crippen LogP contribution is 2.38. The standard InChI is InChI=1S/C21H21N7O3/c1-2-28-15-6-4-3-5-14(15)25-19(28)12(9-22)13-7-8-24-21(26-13)27-20(29)18-16-10-23-11-17(30-16)31-18/h3-8,16-18,23,25H,2,10-11H2,1H3,(H,24,26,27,29)/b19-12+/t16-,17-,18-/m1/s1. The van der Waals surface area contributed by atoms with Gasteiger partial charge in [-0.3, -0.25) is 10.1 Å². The fourth-order valence-corrected chi connectivity index (χ4v) is 4.00. The fraction of sp³-hybridized carbons (Fsp3) is 0.333. The van der Waals surface area contributed by atoms with E-state index in [9.17, 15) is 10.1 Å². The average molecular weight is 419 g/mol. The molecule has 3 N–H and O–H groups in total. The van der Waals surface area contributed by atoms with E-state index in [-0.39, 0.29) is 18.0 Å². The third-order valence-corrected chi connectivity index (χ3v) is 5.41. The topological polar surface area (TPSA) is 124 Å². The lowest BCUT2D eigenvalue weighted by atomic mass is 10.2. The number of hydrogen-bond acceptors (Lipinski definition) is 9. The normalized spacial score (nSPS) is 25.4. The van der Waals surface area contributed by atoms with Gasteiger partial charge < -0.3 is 25.0 Å². The van der Waals surface area contributed by atoms with Gasteiger partial charge in [0.1, 0.15) is 23.6 Å². The molecule has 3 aliphatic heterocycles. The maximum atomic E-state index is 12.7. The molecule has 2 saturated heterocycles. The van der Waals surface area contributed by atoms with Crippen LogP contribution in [0.2, 0.25) is 0 Å². The van der Waals surface area contributed by atoms with Crippen LogP contribution in [0.1, 0.15) is 12.6 Å². The van der Waals surface area contributed by atoms with Crippen LogP contribution in [-0.2, 0) is 14.3 Å². The number of allylic oxidation sites excluding steroid dienone is 1. The molecule has 4 heterocycles. The summed E-state index contributed by atoms with van der Waals surface area (Å²) in [6.07, 6.45) is 0.00704. The van der Waals surface area contributed by atoms with E-state index in [0.717, 1.165) is 11.4 Å². The molecule has 158 valence electrons. The number of benzene rings is 1. The molecule has 31 heavy (non-hydrogen) atoms. The lowest BCUT2D eigenvalue weighted by molar-refractivity contribution is -0.127. The van der Waals surface area contributed by atoms with E-state index in [1.807, 2.05) is 36.1 Å². The second-order valence-electron chi connectivity index (χ2n) is 7.30. The molecule has 0 unspecified atom stereocenters. The van der Waals surface area contributed by atoms with Crippen molar-refractivity contribution in [2.75, 3.05) is 35.2 Å². The van der Waals surface area contributed by atoms with Gasteiger partial charge in [0.2, 0.25) is 5.95 Å². The van der Waals surface area contributed by atoms with Crippen molar-refractivity contribution in [3.8, 4) is 6.07 Å². The van der Waals surface area contributed by atoms with Crippen molar-refractivity contribution in [3.63, 3.8) is 0 Å². The molecule has 10 nitrogen and oxygen atoms in total. The Kier molecular flexibility index (Phi) is 4.99. The first-order chi connectivity index (χ1) is 15.2. The van der Waals surface area contributed by atoms with Gasteiger partial charge in [0.15, 0.2) is 12.4 Å². The quantitative estimate of drug-likeness (QED) is 0.628. The van der Waals surface area contributed by atoms with Gasteiger partial charge >= 0.3 is 0 Å². The number of anilines is 3. The van der Waals surface area contributed by atoms with Crippen LogP contribution in [-0.4, -0.2) is 54.0 Å². The van der Waals surface area contributed by atoms with E-state index in [4.69, 9.17) is 9.47 Å². The van der Waals surface area contributed by atoms with Crippen LogP contribution in [0.5, 0.6) is 0 Å². The summed E-state index contributed by atoms with van der Waals surface area (Å²) in [4.78, 5) is 23.3. The molecule has 1 amide bonds. The highest BCUT2D eigenvalue weighted by atomic mass is 16.7. The summed E-state index contributed by atoms with van der Waals surface area (Å²) < 4.78 is 11.3. The molecule has 1 aromatic carbocycles. The van der Waals surface area contributed by atoms with Gasteiger partial charge in [-0.2, -0.15) is 5.26 Å². The van der Waals surface area contributed by atoms with Crippen LogP contribution in [0.15, 0.2) is 42.3 Å². The van der Waals surface area contributed by atoms with Gasteiger partial charge in [0.05, 0.1) is 17.1 Å². The van der Waals surface area contributed by atoms with E-state index < -0.39 is 12.4 Å². The Bertz CT molecular complexity index is 1100. The Morgan fingerprint density at radius 3 is 3.00 bits per heavy atom. The lowest BCUT2D eigenvalue weighted by Gasteiger charge is -2.19. The maximum absolute atomic E-state index is 12.7. The average Bonchev–Trinajstić information content (AvgIpc) is 3.30. The van der Waals surface area contributed by atoms with Crippen LogP contribution < -0.4 is 20.9 Å². The molecule has 3 aliphatic rings. The number of fused-ring (bicyclic) bond motifs is 3. The van der Waals surface area contributed by atoms with Crippen LogP contribution in [0.3, 0.4) is 0 Å². The van der Waals surface area contributed by atoms with Crippen molar-refractivity contribution in [3.05, 3.63) is 48.0 Å². The lowest BCUT2D eigenvalue weighted by Crippen LogP contribution is -2.43. The SMILES string of the molecule is CCN1/C(=C(\C#N)c2ccnc(NC(=O)[C@@H]3O[C@@H]4CNC[C@H]3O4)n2)Nc2ccccc21. The Labute approximate surface area is 178 Å². The number of nitriles is 1. The van der Waals surface area contributed by atoms with Crippen molar-refractivity contribution >= 4 is 28.8 Å². The monoisotopic (exact) mass is 419 g/mol. The second-order valence-corrected chi connectivity index (χ2v) is 7.30. The van der Waals surface area contributed by atoms with Crippen molar-refractivity contribution in [2.45, 2.75) is 25.4 Å². The number of carbonyl (C=O) groups excluding carboxylic acids is 1. The van der Waals surface area contributed by atoms with E-state index in [1.54, 1.807) is 6.07 Å². The summed E-state index contributed by atoms with van der Waals surface area (Å²) >= 11 is 0. The number of ether oxygens (including phenoxy) is 2. The van der Waals surface area contributed by atoms with Crippen molar-refractivity contribution in [1.29, 1.82) is 5.26 Å². The van der Waals surface area contributed by atoms with Gasteiger partial charge in [0.25, 0.3) is 5.91 Å². The number of nitrogens with zero attached hydrogens (tertiary/aromatic N) is 4. The number of carbonyl (C=O) groups is 1. The van der Waals surface area contributed by atoms with Gasteiger partial charge in [-0.25, -0.2) is 9.97 Å². The third-order valence-electron chi connectivity index (χ3n) is 5.41. The molecule has 1 aromatic heterocycles. The van der Waals surface area contributed by atoms with Crippen LogP contribution >= 0.6 is 0 Å². The highest BCUT2D eigenvalue weighted by molar-refractivity contribution is 5.94. The zero-order valence-corrected chi connectivity index (χ0v) is 16.8. The molecule has 0 aliphatic carbocycles. The second kappa shape index (κ2) is 7.96. The Balaban J connectivity index is 1.41. The Morgan fingerprint density at radius 2 is 2.19 bits per heavy atom. The van der Waals surface area contributed by atoms with E-state index in [0.29, 0.717) is 36.7 Å². The van der Waals surface area contributed by atoms with Gasteiger partial charge in [-0.15, -0.1) is 0 Å². The van der Waals surface area contributed by atoms with Crippen molar-refractivity contribution in [1.82, 2.24) is 15.3 Å². The molecule has 3 atom stereocenters. The molecule has 2 fully saturated rings. The first-order valence-corrected chi connectivity index (χ1v) is 10.1. The summed E-state index contributed by atoms with van der Waals surface area (Å²) in [5.41, 5.74) is 2.68. The van der Waals surface area contributed by atoms with Crippen molar-refractivity contribution in [2.24, 2.45) is 0 Å². The predicted octanol–water partition coefficient (Wildman–Crippen LogP) is 1.27. The zero-order valence-electron chi connectivity index (χ0n) is 16.8. The Hall–Kier alpha value is -3.52. The molecular formula is C21H21N7O3. The number of para-hydroxylation sites is 2. The first kappa shape index (κ1) is 19.4. The summed E-state index contributed by atoms with van der Waals surface area (Å²) in [5, 5.41) is 19.1. The Morgan fingerprint density at radius 1 is 1.32 bits per heavy atom. The summed E-state index contributed by atoms with van der Waals surface area (Å²) in [6, 6.07) is 11.7. The maximum Gasteiger partial charge on any atom is 0.258 e. The van der Waals surface area contributed by atoms with Crippen molar-refractivity contribution < 1.29 is 14.3 Å². The molecule has 2 bridgehead atoms. The predicted molar refractivity (Wildman–Crippen MR) is 113 cm³/mol. The summed E-state index contributed by atoms with van der Waals surface area (Å²) in [5.74, 6) is 0.378. The van der Waals surface area contributed by atoms with Crippen LogP contribution in [0.4, 0.5) is 17.3 Å². The number of nitrogens with one attached hydrogen (secondary N) is 3. The third kappa shape index (κ3) is 3.48. The zero-order chi connectivity index (χ0) is 21.4. The fourth-order valence-electron chi connectivity index (χ4n) is 4.00. The van der Waals surface area contributed by atoms with Crippen LogP contribution in [0.25, 0.3) is 5.57 Å². The molecule has 0 radical (unpaired) electrons. The molecule has 10 heteroatoms. The number of amides is 1. The smallest absolute Gasteiger partial charge is 0.258 e. The number of rotatable bonds is 4. The van der Waals surface area contributed by atoms with Gasteiger partial charge in [0, 0.05) is 25.8 Å². The number of aromatic nitrogens is 2. The number of morpholine rings is 1. The molecule has 0 saturated carbocycles. The van der Waals surface area contributed by atoms with Crippen LogP contribution in [0, 0.1) is 11.3 Å². The van der Waals surface area contributed by atoms with E-state index in [2.05, 4.69) is 32.0 Å². The minimum atomic E-state index is -0.734.